The van der Waals surface area contributed by atoms with E-state index in [1.165, 1.54) is 0 Å². The number of carboxylic acids is 1. The van der Waals surface area contributed by atoms with Gasteiger partial charge in [-0.25, -0.2) is 4.79 Å². The number of nitrogens with zero attached hydrogens (tertiary/aromatic N) is 1. The largest absolute Gasteiger partial charge is 0.481 e. The number of rotatable bonds is 5. The Morgan fingerprint density at radius 2 is 2.30 bits per heavy atom. The number of carbonyl (C=O) groups excluding carboxylic acids is 1. The smallest absolute Gasteiger partial charge is 0.317 e. The molecule has 0 bridgehead atoms. The van der Waals surface area contributed by atoms with Crippen molar-refractivity contribution in [2.75, 3.05) is 26.8 Å². The lowest BCUT2D eigenvalue weighted by Crippen LogP contribution is -2.46. The van der Waals surface area contributed by atoms with Gasteiger partial charge in [0, 0.05) is 20.2 Å². The second-order valence-electron chi connectivity index (χ2n) is 5.94. The van der Waals surface area contributed by atoms with Gasteiger partial charge in [-0.15, -0.1) is 0 Å². The molecule has 0 radical (unpaired) electrons. The molecule has 1 saturated heterocycles. The molecule has 2 amide bonds. The van der Waals surface area contributed by atoms with Crippen molar-refractivity contribution in [3.8, 4) is 0 Å². The van der Waals surface area contributed by atoms with Crippen molar-refractivity contribution in [3.63, 3.8) is 0 Å². The minimum atomic E-state index is -0.751. The zero-order valence-corrected chi connectivity index (χ0v) is 12.2. The summed E-state index contributed by atoms with van der Waals surface area (Å²) in [5.74, 6) is -0.646. The van der Waals surface area contributed by atoms with E-state index in [-0.39, 0.29) is 18.0 Å². The summed E-state index contributed by atoms with van der Waals surface area (Å²) in [5.41, 5.74) is -0.708. The van der Waals surface area contributed by atoms with Gasteiger partial charge >= 0.3 is 12.0 Å². The van der Waals surface area contributed by atoms with Crippen molar-refractivity contribution in [2.24, 2.45) is 11.3 Å². The molecule has 1 aliphatic carbocycles. The molecule has 0 aromatic heterocycles. The van der Waals surface area contributed by atoms with Crippen LogP contribution in [0.15, 0.2) is 0 Å². The first-order valence-electron chi connectivity index (χ1n) is 7.31. The third-order valence-electron chi connectivity index (χ3n) is 4.77. The van der Waals surface area contributed by atoms with Gasteiger partial charge < -0.3 is 20.1 Å². The predicted molar refractivity (Wildman–Crippen MR) is 73.5 cm³/mol. The van der Waals surface area contributed by atoms with Crippen molar-refractivity contribution in [1.82, 2.24) is 10.2 Å². The minimum absolute atomic E-state index is 0.0197. The van der Waals surface area contributed by atoms with Crippen LogP contribution < -0.4 is 5.32 Å². The maximum absolute atomic E-state index is 12.3. The second-order valence-corrected chi connectivity index (χ2v) is 5.94. The number of amides is 2. The van der Waals surface area contributed by atoms with Crippen LogP contribution in [0.1, 0.15) is 32.6 Å². The van der Waals surface area contributed by atoms with E-state index in [4.69, 9.17) is 4.74 Å². The summed E-state index contributed by atoms with van der Waals surface area (Å²) >= 11 is 0. The van der Waals surface area contributed by atoms with Crippen LogP contribution in [0.25, 0.3) is 0 Å². The van der Waals surface area contributed by atoms with Gasteiger partial charge in [0.1, 0.15) is 0 Å². The summed E-state index contributed by atoms with van der Waals surface area (Å²) in [6.07, 6.45) is 3.34. The molecule has 6 nitrogen and oxygen atoms in total. The molecular weight excluding hydrogens is 260 g/mol. The Morgan fingerprint density at radius 3 is 2.85 bits per heavy atom. The number of nitrogens with one attached hydrogen (secondary N) is 1. The number of hydrogen-bond acceptors (Lipinski definition) is 3. The van der Waals surface area contributed by atoms with Crippen LogP contribution in [-0.4, -0.2) is 54.9 Å². The number of hydrogen-bond donors (Lipinski definition) is 2. The lowest BCUT2D eigenvalue weighted by atomic mass is 9.81. The van der Waals surface area contributed by atoms with Gasteiger partial charge in [-0.2, -0.15) is 0 Å². The number of ether oxygens (including phenoxy) is 1. The summed E-state index contributed by atoms with van der Waals surface area (Å²) in [6, 6.07) is -0.183. The number of carboxylic acid groups (broad SMARTS) is 1. The number of likely N-dealkylation sites (tertiary alicyclic amines) is 1. The van der Waals surface area contributed by atoms with Gasteiger partial charge in [-0.05, 0) is 25.2 Å². The quantitative estimate of drug-likeness (QED) is 0.798. The van der Waals surface area contributed by atoms with E-state index in [1.807, 2.05) is 6.92 Å². The third kappa shape index (κ3) is 2.61. The first-order chi connectivity index (χ1) is 9.53. The summed E-state index contributed by atoms with van der Waals surface area (Å²) in [4.78, 5) is 25.5. The van der Waals surface area contributed by atoms with Crippen LogP contribution in [0.5, 0.6) is 0 Å². The summed E-state index contributed by atoms with van der Waals surface area (Å²) < 4.78 is 5.06. The first kappa shape index (κ1) is 15.1. The van der Waals surface area contributed by atoms with Crippen LogP contribution >= 0.6 is 0 Å². The molecule has 2 rings (SSSR count). The van der Waals surface area contributed by atoms with E-state index in [9.17, 15) is 14.7 Å². The van der Waals surface area contributed by atoms with E-state index in [0.717, 1.165) is 19.3 Å². The highest BCUT2D eigenvalue weighted by molar-refractivity contribution is 5.80. The first-order valence-corrected chi connectivity index (χ1v) is 7.31. The molecule has 0 spiro atoms. The molecule has 1 aliphatic heterocycles. The highest BCUT2D eigenvalue weighted by Crippen LogP contribution is 2.48. The normalized spacial score (nSPS) is 30.1. The molecule has 2 N–H and O–H groups in total. The van der Waals surface area contributed by atoms with Gasteiger partial charge in [0.2, 0.25) is 0 Å². The Hall–Kier alpha value is -1.30. The topological polar surface area (TPSA) is 78.9 Å². The lowest BCUT2D eigenvalue weighted by molar-refractivity contribution is -0.149. The fraction of sp³-hybridized carbons (Fsp3) is 0.857. The molecule has 3 atom stereocenters. The van der Waals surface area contributed by atoms with Crippen molar-refractivity contribution in [2.45, 2.75) is 38.6 Å². The molecule has 6 heteroatoms. The van der Waals surface area contributed by atoms with E-state index in [2.05, 4.69) is 5.32 Å². The predicted octanol–water partition coefficient (Wildman–Crippen LogP) is 1.31. The molecule has 1 heterocycles. The Morgan fingerprint density at radius 1 is 1.55 bits per heavy atom. The van der Waals surface area contributed by atoms with Gasteiger partial charge in [-0.1, -0.05) is 13.3 Å². The molecule has 2 fully saturated rings. The van der Waals surface area contributed by atoms with E-state index >= 15 is 0 Å². The monoisotopic (exact) mass is 284 g/mol. The molecule has 1 unspecified atom stereocenters. The van der Waals surface area contributed by atoms with Crippen LogP contribution in [0.2, 0.25) is 0 Å². The lowest BCUT2D eigenvalue weighted by Gasteiger charge is -2.25. The molecule has 20 heavy (non-hydrogen) atoms. The van der Waals surface area contributed by atoms with Gasteiger partial charge in [0.25, 0.3) is 0 Å². The van der Waals surface area contributed by atoms with Crippen molar-refractivity contribution < 1.29 is 19.4 Å². The van der Waals surface area contributed by atoms with E-state index in [0.29, 0.717) is 26.1 Å². The number of fused-ring (bicyclic) bond motifs is 1. The number of methoxy groups -OCH3 is 1. The Bertz CT molecular complexity index is 387. The standard InChI is InChI=1S/C14H24N2O4/c1-3-11(8-20-2)15-13(19)16-7-10-5-4-6-14(10,9-16)12(17)18/h10-11H,3-9H2,1-2H3,(H,15,19)(H,17,18)/t10-,11?,14+/m0/s1. The third-order valence-corrected chi connectivity index (χ3v) is 4.77. The van der Waals surface area contributed by atoms with Gasteiger partial charge in [-0.3, -0.25) is 4.79 Å². The van der Waals surface area contributed by atoms with Crippen molar-refractivity contribution >= 4 is 12.0 Å². The molecule has 0 aromatic rings. The number of aliphatic carboxylic acids is 1. The number of carbonyl (C=O) groups is 2. The maximum atomic E-state index is 12.3. The van der Waals surface area contributed by atoms with Crippen LogP contribution in [0.4, 0.5) is 4.79 Å². The van der Waals surface area contributed by atoms with Crippen LogP contribution in [0, 0.1) is 11.3 Å². The molecule has 1 saturated carbocycles. The minimum Gasteiger partial charge on any atom is -0.481 e. The molecule has 114 valence electrons. The summed E-state index contributed by atoms with van der Waals surface area (Å²) in [7, 11) is 1.61. The fourth-order valence-electron chi connectivity index (χ4n) is 3.52. The van der Waals surface area contributed by atoms with Crippen molar-refractivity contribution in [1.29, 1.82) is 0 Å². The van der Waals surface area contributed by atoms with E-state index < -0.39 is 11.4 Å². The number of urea groups is 1. The summed E-state index contributed by atoms with van der Waals surface area (Å²) in [6.45, 7) is 3.36. The molecular formula is C14H24N2O4. The molecule has 2 aliphatic rings. The Labute approximate surface area is 119 Å². The Kier molecular flexibility index (Phi) is 4.52. The van der Waals surface area contributed by atoms with Crippen molar-refractivity contribution in [3.05, 3.63) is 0 Å². The fourth-order valence-corrected chi connectivity index (χ4v) is 3.52. The zero-order chi connectivity index (χ0) is 14.8. The average molecular weight is 284 g/mol. The zero-order valence-electron chi connectivity index (χ0n) is 12.2. The SMILES string of the molecule is CCC(COC)NC(=O)N1C[C@@H]2CCC[C@@]2(C(=O)O)C1. The van der Waals surface area contributed by atoms with Crippen LogP contribution in [-0.2, 0) is 9.53 Å². The Balaban J connectivity index is 1.98. The van der Waals surface area contributed by atoms with Gasteiger partial charge in [0.05, 0.1) is 18.1 Å². The van der Waals surface area contributed by atoms with Gasteiger partial charge in [0.15, 0.2) is 0 Å². The second kappa shape index (κ2) is 5.99. The van der Waals surface area contributed by atoms with Crippen LogP contribution in [0.3, 0.4) is 0 Å². The highest BCUT2D eigenvalue weighted by atomic mass is 16.5. The molecule has 0 aromatic carbocycles. The maximum Gasteiger partial charge on any atom is 0.317 e. The van der Waals surface area contributed by atoms with E-state index in [1.54, 1.807) is 12.0 Å². The highest BCUT2D eigenvalue weighted by Gasteiger charge is 2.55. The summed E-state index contributed by atoms with van der Waals surface area (Å²) in [5, 5.41) is 12.4. The average Bonchev–Trinajstić information content (AvgIpc) is 2.95.